The molecule has 1 aliphatic carbocycles. The Balaban J connectivity index is 1.48. The van der Waals surface area contributed by atoms with Gasteiger partial charge in [0.2, 0.25) is 11.7 Å². The fraction of sp³-hybridized carbons (Fsp3) is 0.296. The minimum atomic E-state index is -0.915. The number of anilines is 1. The molecule has 6 heteroatoms. The third-order valence-electron chi connectivity index (χ3n) is 7.12. The van der Waals surface area contributed by atoms with Crippen molar-refractivity contribution in [1.29, 1.82) is 0 Å². The summed E-state index contributed by atoms with van der Waals surface area (Å²) in [7, 11) is 1.81. The van der Waals surface area contributed by atoms with Crippen molar-refractivity contribution in [3.8, 4) is 16.9 Å². The highest BCUT2D eigenvalue weighted by atomic mass is 16.7. The van der Waals surface area contributed by atoms with Crippen molar-refractivity contribution in [2.45, 2.75) is 43.4 Å². The van der Waals surface area contributed by atoms with Gasteiger partial charge in [0, 0.05) is 25.6 Å². The molecule has 0 aromatic heterocycles. The number of ether oxygens (including phenoxy) is 1. The first-order chi connectivity index (χ1) is 16.0. The molecule has 0 bridgehead atoms. The van der Waals surface area contributed by atoms with Crippen molar-refractivity contribution in [2.24, 2.45) is 10.7 Å². The van der Waals surface area contributed by atoms with Gasteiger partial charge in [-0.1, -0.05) is 42.5 Å². The number of fused-ring (bicyclic) bond motifs is 3. The fourth-order valence-electron chi connectivity index (χ4n) is 5.60. The monoisotopic (exact) mass is 440 g/mol. The molecule has 2 aliphatic heterocycles. The molecule has 6 rings (SSSR count). The van der Waals surface area contributed by atoms with Crippen LogP contribution >= 0.6 is 0 Å². The maximum absolute atomic E-state index is 6.84. The van der Waals surface area contributed by atoms with Crippen molar-refractivity contribution < 1.29 is 9.57 Å². The van der Waals surface area contributed by atoms with E-state index in [-0.39, 0.29) is 0 Å². The summed E-state index contributed by atoms with van der Waals surface area (Å²) in [4.78, 5) is 11.3. The molecule has 33 heavy (non-hydrogen) atoms. The smallest absolute Gasteiger partial charge is 0.222 e. The first-order valence-corrected chi connectivity index (χ1v) is 11.5. The summed E-state index contributed by atoms with van der Waals surface area (Å²) >= 11 is 0. The van der Waals surface area contributed by atoms with E-state index >= 15 is 0 Å². The van der Waals surface area contributed by atoms with E-state index < -0.39 is 11.3 Å². The molecule has 3 aromatic rings. The Labute approximate surface area is 193 Å². The molecule has 0 saturated carbocycles. The fourth-order valence-corrected chi connectivity index (χ4v) is 5.60. The lowest BCUT2D eigenvalue weighted by Gasteiger charge is -2.45. The van der Waals surface area contributed by atoms with Crippen molar-refractivity contribution >= 4 is 11.6 Å². The number of aliphatic imine (C=N–C) groups is 1. The first-order valence-electron chi connectivity index (χ1n) is 11.5. The average molecular weight is 441 g/mol. The highest BCUT2D eigenvalue weighted by Crippen LogP contribution is 2.52. The lowest BCUT2D eigenvalue weighted by molar-refractivity contribution is -0.204. The molecule has 0 saturated heterocycles. The van der Waals surface area contributed by atoms with Gasteiger partial charge in [0.05, 0.1) is 5.56 Å². The zero-order chi connectivity index (χ0) is 22.6. The average Bonchev–Trinajstić information content (AvgIpc) is 2.97. The van der Waals surface area contributed by atoms with Crippen LogP contribution in [-0.2, 0) is 23.4 Å². The second kappa shape index (κ2) is 7.25. The minimum absolute atomic E-state index is 0.376. The van der Waals surface area contributed by atoms with Crippen LogP contribution < -0.4 is 16.2 Å². The van der Waals surface area contributed by atoms with E-state index in [4.69, 9.17) is 26.0 Å². The number of aryl methyl sites for hydroxylation is 1. The molecule has 2 atom stereocenters. The number of hydrogen-bond donors (Lipinski definition) is 2. The van der Waals surface area contributed by atoms with Gasteiger partial charge in [-0.25, -0.2) is 14.9 Å². The van der Waals surface area contributed by atoms with E-state index in [1.165, 1.54) is 11.1 Å². The van der Waals surface area contributed by atoms with Gasteiger partial charge in [0.25, 0.3) is 0 Å². The molecule has 0 fully saturated rings. The van der Waals surface area contributed by atoms with E-state index in [9.17, 15) is 0 Å². The molecule has 2 heterocycles. The van der Waals surface area contributed by atoms with Crippen LogP contribution in [0.5, 0.6) is 5.75 Å². The summed E-state index contributed by atoms with van der Waals surface area (Å²) in [6, 6.07) is 22.8. The Morgan fingerprint density at radius 3 is 2.55 bits per heavy atom. The topological polar surface area (TPSA) is 86.1 Å². The zero-order valence-corrected chi connectivity index (χ0v) is 18.8. The maximum Gasteiger partial charge on any atom is 0.222 e. The SMILES string of the molecule is CN1O[C@]2(C[C@]3(CCCc4ccccc4C3)Oc3ccc(-c4cccc(N)c4)cc32)N=C1N. The largest absolute Gasteiger partial charge is 0.486 e. The van der Waals surface area contributed by atoms with Gasteiger partial charge in [0.1, 0.15) is 11.4 Å². The van der Waals surface area contributed by atoms with Crippen LogP contribution in [0.15, 0.2) is 71.7 Å². The van der Waals surface area contributed by atoms with Crippen LogP contribution in [0, 0.1) is 0 Å². The summed E-state index contributed by atoms with van der Waals surface area (Å²) in [6.45, 7) is 0. The van der Waals surface area contributed by atoms with Gasteiger partial charge in [-0.3, -0.25) is 0 Å². The van der Waals surface area contributed by atoms with Gasteiger partial charge in [-0.15, -0.1) is 0 Å². The standard InChI is InChI=1S/C27H28N4O2/c1-31-25(29)30-27(33-31)17-26(13-5-9-18-6-2-3-7-21(18)16-26)32-24-12-11-20(15-23(24)27)19-8-4-10-22(28)14-19/h2-4,6-8,10-12,14-15H,5,9,13,16-17,28H2,1H3,(H2,29,30)/t26-,27+/m1/s1. The van der Waals surface area contributed by atoms with Crippen molar-refractivity contribution in [2.75, 3.05) is 12.8 Å². The summed E-state index contributed by atoms with van der Waals surface area (Å²) in [6.07, 6.45) is 4.47. The Bertz CT molecular complexity index is 1270. The van der Waals surface area contributed by atoms with Crippen molar-refractivity contribution in [3.63, 3.8) is 0 Å². The van der Waals surface area contributed by atoms with Gasteiger partial charge in [-0.2, -0.15) is 0 Å². The number of nitrogens with two attached hydrogens (primary N) is 2. The molecule has 4 N–H and O–H groups in total. The molecule has 3 aromatic carbocycles. The maximum atomic E-state index is 6.84. The van der Waals surface area contributed by atoms with Crippen LogP contribution in [0.1, 0.15) is 36.0 Å². The second-order valence-electron chi connectivity index (χ2n) is 9.44. The number of hydroxylamine groups is 2. The number of hydrogen-bond acceptors (Lipinski definition) is 6. The molecule has 0 amide bonds. The van der Waals surface area contributed by atoms with Crippen LogP contribution in [0.4, 0.5) is 5.69 Å². The van der Waals surface area contributed by atoms with Crippen LogP contribution in [0.25, 0.3) is 11.1 Å². The number of rotatable bonds is 1. The van der Waals surface area contributed by atoms with E-state index in [0.717, 1.165) is 53.8 Å². The summed E-state index contributed by atoms with van der Waals surface area (Å²) in [5, 5.41) is 1.57. The molecular weight excluding hydrogens is 412 g/mol. The van der Waals surface area contributed by atoms with Crippen LogP contribution in [0.2, 0.25) is 0 Å². The van der Waals surface area contributed by atoms with Gasteiger partial charge in [0.15, 0.2) is 0 Å². The highest BCUT2D eigenvalue weighted by molar-refractivity contribution is 5.79. The highest BCUT2D eigenvalue weighted by Gasteiger charge is 2.54. The van der Waals surface area contributed by atoms with Crippen molar-refractivity contribution in [1.82, 2.24) is 5.06 Å². The lowest BCUT2D eigenvalue weighted by Crippen LogP contribution is -2.49. The predicted molar refractivity (Wildman–Crippen MR) is 129 cm³/mol. The number of benzene rings is 3. The Kier molecular flexibility index (Phi) is 4.42. The van der Waals surface area contributed by atoms with E-state index in [2.05, 4.69) is 42.5 Å². The summed E-state index contributed by atoms with van der Waals surface area (Å²) < 4.78 is 6.84. The Morgan fingerprint density at radius 1 is 0.939 bits per heavy atom. The summed E-state index contributed by atoms with van der Waals surface area (Å²) in [5.41, 5.74) is 17.4. The van der Waals surface area contributed by atoms with E-state index in [0.29, 0.717) is 12.4 Å². The lowest BCUT2D eigenvalue weighted by atomic mass is 9.78. The van der Waals surface area contributed by atoms with E-state index in [1.54, 1.807) is 12.1 Å². The first kappa shape index (κ1) is 20.1. The summed E-state index contributed by atoms with van der Waals surface area (Å²) in [5.74, 6) is 1.18. The number of guanidine groups is 1. The molecule has 168 valence electrons. The Morgan fingerprint density at radius 2 is 1.76 bits per heavy atom. The molecule has 6 nitrogen and oxygen atoms in total. The minimum Gasteiger partial charge on any atom is -0.486 e. The molecule has 0 radical (unpaired) electrons. The zero-order valence-electron chi connectivity index (χ0n) is 18.8. The third-order valence-corrected chi connectivity index (χ3v) is 7.12. The Hall–Kier alpha value is -3.51. The van der Waals surface area contributed by atoms with Crippen LogP contribution in [-0.4, -0.2) is 23.7 Å². The quantitative estimate of drug-likeness (QED) is 0.549. The van der Waals surface area contributed by atoms with E-state index in [1.807, 2.05) is 24.3 Å². The molecule has 3 aliphatic rings. The molecule has 2 spiro atoms. The second-order valence-corrected chi connectivity index (χ2v) is 9.44. The predicted octanol–water partition coefficient (Wildman–Crippen LogP) is 4.38. The molecular formula is C27H28N4O2. The van der Waals surface area contributed by atoms with Crippen LogP contribution in [0.3, 0.4) is 0 Å². The number of nitrogen functional groups attached to an aromatic ring is 1. The normalized spacial score (nSPS) is 25.8. The number of nitrogens with zero attached hydrogens (tertiary/aromatic N) is 2. The van der Waals surface area contributed by atoms with Gasteiger partial charge >= 0.3 is 0 Å². The van der Waals surface area contributed by atoms with Crippen molar-refractivity contribution in [3.05, 3.63) is 83.4 Å². The molecule has 0 unspecified atom stereocenters. The third kappa shape index (κ3) is 3.33. The van der Waals surface area contributed by atoms with Gasteiger partial charge < -0.3 is 16.2 Å². The van der Waals surface area contributed by atoms with Gasteiger partial charge in [-0.05, 0) is 65.8 Å².